The lowest BCUT2D eigenvalue weighted by molar-refractivity contribution is 0.436. The van der Waals surface area contributed by atoms with Crippen molar-refractivity contribution >= 4 is 41.4 Å². The Morgan fingerprint density at radius 2 is 1.77 bits per heavy atom. The van der Waals surface area contributed by atoms with Crippen LogP contribution in [0.5, 0.6) is 0 Å². The second-order valence-corrected chi connectivity index (χ2v) is 8.53. The van der Waals surface area contributed by atoms with Gasteiger partial charge in [0, 0.05) is 57.7 Å². The van der Waals surface area contributed by atoms with E-state index in [0.717, 1.165) is 56.8 Å². The molecule has 1 aromatic heterocycles. The molecular formula is C24H35IN6. The van der Waals surface area contributed by atoms with Gasteiger partial charge in [-0.3, -0.25) is 4.99 Å². The normalized spacial score (nSPS) is 19.8. The van der Waals surface area contributed by atoms with Crippen molar-refractivity contribution in [3.05, 3.63) is 54.2 Å². The molecule has 0 spiro atoms. The quantitative estimate of drug-likeness (QED) is 0.347. The summed E-state index contributed by atoms with van der Waals surface area (Å²) < 4.78 is 0. The molecule has 4 rings (SSSR count). The molecule has 2 fully saturated rings. The number of pyridine rings is 1. The predicted octanol–water partition coefficient (Wildman–Crippen LogP) is 3.88. The van der Waals surface area contributed by atoms with Crippen molar-refractivity contribution in [2.45, 2.75) is 38.8 Å². The zero-order valence-electron chi connectivity index (χ0n) is 18.6. The summed E-state index contributed by atoms with van der Waals surface area (Å²) in [7, 11) is 1.83. The molecule has 0 aliphatic carbocycles. The first kappa shape index (κ1) is 23.6. The van der Waals surface area contributed by atoms with E-state index in [1.54, 1.807) is 0 Å². The highest BCUT2D eigenvalue weighted by atomic mass is 127. The number of piperidine rings is 1. The molecule has 31 heavy (non-hydrogen) atoms. The predicted molar refractivity (Wildman–Crippen MR) is 141 cm³/mol. The zero-order valence-corrected chi connectivity index (χ0v) is 21.0. The molecule has 0 bridgehead atoms. The molecule has 2 aliphatic rings. The molecular weight excluding hydrogens is 499 g/mol. The summed E-state index contributed by atoms with van der Waals surface area (Å²) in [6.45, 7) is 7.35. The average Bonchev–Trinajstić information content (AvgIpc) is 3.27. The maximum atomic E-state index is 4.70. The molecule has 3 heterocycles. The fourth-order valence-electron chi connectivity index (χ4n) is 4.27. The lowest BCUT2D eigenvalue weighted by Crippen LogP contribution is -2.44. The van der Waals surface area contributed by atoms with Gasteiger partial charge in [-0.2, -0.15) is 0 Å². The van der Waals surface area contributed by atoms with Crippen LogP contribution in [0.2, 0.25) is 0 Å². The van der Waals surface area contributed by atoms with Crippen molar-refractivity contribution in [3.63, 3.8) is 0 Å². The topological polar surface area (TPSA) is 55.8 Å². The molecule has 0 saturated carbocycles. The van der Waals surface area contributed by atoms with Gasteiger partial charge in [-0.1, -0.05) is 31.2 Å². The maximum Gasteiger partial charge on any atom is 0.191 e. The van der Waals surface area contributed by atoms with Gasteiger partial charge in [-0.25, -0.2) is 4.98 Å². The third-order valence-corrected chi connectivity index (χ3v) is 6.25. The molecule has 2 aliphatic heterocycles. The fraction of sp³-hybridized carbons (Fsp3) is 0.500. The van der Waals surface area contributed by atoms with E-state index in [1.807, 2.05) is 13.2 Å². The largest absolute Gasteiger partial charge is 0.369 e. The van der Waals surface area contributed by atoms with Crippen LogP contribution in [0.3, 0.4) is 0 Å². The van der Waals surface area contributed by atoms with E-state index < -0.39 is 0 Å². The first-order chi connectivity index (χ1) is 14.7. The molecule has 2 aromatic rings. The van der Waals surface area contributed by atoms with Gasteiger partial charge < -0.3 is 20.4 Å². The molecule has 1 atom stereocenters. The Labute approximate surface area is 203 Å². The smallest absolute Gasteiger partial charge is 0.191 e. The van der Waals surface area contributed by atoms with Gasteiger partial charge in [0.2, 0.25) is 0 Å². The molecule has 2 N–H and O–H groups in total. The van der Waals surface area contributed by atoms with Gasteiger partial charge in [0.25, 0.3) is 0 Å². The standard InChI is InChI=1S/C24H34N6.HI/c1-19-10-13-29(14-11-19)23-9-8-20(16-26-23)17-27-24(25-2)28-21-12-15-30(18-21)22-6-4-3-5-7-22;/h3-9,16,19,21H,10-15,17-18H2,1-2H3,(H2,25,27,28);1H. The number of nitrogens with zero attached hydrogens (tertiary/aromatic N) is 4. The van der Waals surface area contributed by atoms with Crippen LogP contribution in [-0.2, 0) is 6.54 Å². The Bertz CT molecular complexity index is 818. The van der Waals surface area contributed by atoms with Crippen molar-refractivity contribution in [1.82, 2.24) is 15.6 Å². The fourth-order valence-corrected chi connectivity index (χ4v) is 4.27. The molecule has 1 unspecified atom stereocenters. The van der Waals surface area contributed by atoms with Crippen molar-refractivity contribution in [3.8, 4) is 0 Å². The van der Waals surface area contributed by atoms with Crippen LogP contribution in [0, 0.1) is 5.92 Å². The number of para-hydroxylation sites is 1. The van der Waals surface area contributed by atoms with Crippen LogP contribution >= 0.6 is 24.0 Å². The molecule has 1 aromatic carbocycles. The average molecular weight is 534 g/mol. The van der Waals surface area contributed by atoms with Gasteiger partial charge >= 0.3 is 0 Å². The van der Waals surface area contributed by atoms with Crippen molar-refractivity contribution in [2.24, 2.45) is 10.9 Å². The Morgan fingerprint density at radius 3 is 2.45 bits per heavy atom. The van der Waals surface area contributed by atoms with Gasteiger partial charge in [0.1, 0.15) is 5.82 Å². The number of rotatable bonds is 5. The summed E-state index contributed by atoms with van der Waals surface area (Å²) in [6.07, 6.45) is 5.62. The van der Waals surface area contributed by atoms with Crippen molar-refractivity contribution in [2.75, 3.05) is 43.0 Å². The van der Waals surface area contributed by atoms with Crippen LogP contribution in [0.1, 0.15) is 31.7 Å². The Kier molecular flexibility index (Phi) is 8.80. The third-order valence-electron chi connectivity index (χ3n) is 6.25. The van der Waals surface area contributed by atoms with E-state index >= 15 is 0 Å². The number of benzene rings is 1. The Hall–Kier alpha value is -2.03. The Balaban J connectivity index is 0.00000272. The van der Waals surface area contributed by atoms with E-state index in [4.69, 9.17) is 4.98 Å². The number of halogens is 1. The minimum atomic E-state index is 0. The second-order valence-electron chi connectivity index (χ2n) is 8.53. The number of hydrogen-bond acceptors (Lipinski definition) is 4. The van der Waals surface area contributed by atoms with E-state index in [1.165, 1.54) is 24.1 Å². The highest BCUT2D eigenvalue weighted by Gasteiger charge is 2.23. The van der Waals surface area contributed by atoms with Crippen LogP contribution in [0.25, 0.3) is 0 Å². The summed E-state index contributed by atoms with van der Waals surface area (Å²) in [5.74, 6) is 2.78. The van der Waals surface area contributed by atoms with Gasteiger partial charge in [0.05, 0.1) is 0 Å². The monoisotopic (exact) mass is 534 g/mol. The maximum absolute atomic E-state index is 4.70. The molecule has 2 saturated heterocycles. The summed E-state index contributed by atoms with van der Waals surface area (Å²) in [5, 5.41) is 7.01. The minimum absolute atomic E-state index is 0. The first-order valence-electron chi connectivity index (χ1n) is 11.2. The van der Waals surface area contributed by atoms with E-state index in [9.17, 15) is 0 Å². The van der Waals surface area contributed by atoms with E-state index in [0.29, 0.717) is 6.04 Å². The minimum Gasteiger partial charge on any atom is -0.369 e. The summed E-state index contributed by atoms with van der Waals surface area (Å²) in [4.78, 5) is 13.9. The summed E-state index contributed by atoms with van der Waals surface area (Å²) in [5.41, 5.74) is 2.46. The van der Waals surface area contributed by atoms with E-state index in [-0.39, 0.29) is 24.0 Å². The van der Waals surface area contributed by atoms with Crippen LogP contribution in [0.4, 0.5) is 11.5 Å². The van der Waals surface area contributed by atoms with Crippen LogP contribution in [-0.4, -0.2) is 50.2 Å². The molecule has 0 radical (unpaired) electrons. The zero-order chi connectivity index (χ0) is 20.8. The lowest BCUT2D eigenvalue weighted by atomic mass is 9.99. The third kappa shape index (κ3) is 6.48. The van der Waals surface area contributed by atoms with Gasteiger partial charge in [0.15, 0.2) is 5.96 Å². The first-order valence-corrected chi connectivity index (χ1v) is 11.2. The van der Waals surface area contributed by atoms with Crippen LogP contribution in [0.15, 0.2) is 53.7 Å². The van der Waals surface area contributed by atoms with Crippen molar-refractivity contribution in [1.29, 1.82) is 0 Å². The van der Waals surface area contributed by atoms with E-state index in [2.05, 4.69) is 74.8 Å². The van der Waals surface area contributed by atoms with Gasteiger partial charge in [-0.05, 0) is 48.9 Å². The van der Waals surface area contributed by atoms with Gasteiger partial charge in [-0.15, -0.1) is 24.0 Å². The number of aromatic nitrogens is 1. The van der Waals surface area contributed by atoms with Crippen molar-refractivity contribution < 1.29 is 0 Å². The highest BCUT2D eigenvalue weighted by Crippen LogP contribution is 2.21. The number of guanidine groups is 1. The summed E-state index contributed by atoms with van der Waals surface area (Å²) >= 11 is 0. The number of aliphatic imine (C=N–C) groups is 1. The molecule has 7 heteroatoms. The summed E-state index contributed by atoms with van der Waals surface area (Å²) in [6, 6.07) is 15.3. The highest BCUT2D eigenvalue weighted by molar-refractivity contribution is 14.0. The number of nitrogens with one attached hydrogen (secondary N) is 2. The number of anilines is 2. The molecule has 168 valence electrons. The molecule has 6 nitrogen and oxygen atoms in total. The van der Waals surface area contributed by atoms with Crippen LogP contribution < -0.4 is 20.4 Å². The Morgan fingerprint density at radius 1 is 1.03 bits per heavy atom. The number of hydrogen-bond donors (Lipinski definition) is 2. The molecule has 0 amide bonds. The lowest BCUT2D eigenvalue weighted by Gasteiger charge is -2.31. The SMILES string of the molecule is CN=C(NCc1ccc(N2CCC(C)CC2)nc1)NC1CCN(c2ccccc2)C1.I. The second kappa shape index (κ2) is 11.5.